The Kier molecular flexibility index (Phi) is 5.06. The summed E-state index contributed by atoms with van der Waals surface area (Å²) >= 11 is 0. The summed E-state index contributed by atoms with van der Waals surface area (Å²) in [5, 5.41) is 0. The molecule has 0 radical (unpaired) electrons. The number of rotatable bonds is 4. The van der Waals surface area contributed by atoms with E-state index in [9.17, 15) is 4.79 Å². The summed E-state index contributed by atoms with van der Waals surface area (Å²) < 4.78 is 27.9. The van der Waals surface area contributed by atoms with E-state index in [1.165, 1.54) is 7.11 Å². The molecule has 2 aliphatic rings. The van der Waals surface area contributed by atoms with E-state index in [0.717, 1.165) is 5.76 Å². The van der Waals surface area contributed by atoms with Gasteiger partial charge in [0.25, 0.3) is 0 Å². The highest BCUT2D eigenvalue weighted by Gasteiger charge is 2.53. The van der Waals surface area contributed by atoms with Crippen molar-refractivity contribution >= 4 is 5.97 Å². The predicted molar refractivity (Wildman–Crippen MR) is 83.4 cm³/mol. The van der Waals surface area contributed by atoms with Crippen molar-refractivity contribution in [3.63, 3.8) is 0 Å². The largest absolute Gasteiger partial charge is 0.501 e. The van der Waals surface area contributed by atoms with E-state index in [4.69, 9.17) is 23.7 Å². The normalized spacial score (nSPS) is 30.5. The molecule has 0 aromatic rings. The lowest BCUT2D eigenvalue weighted by molar-refractivity contribution is -0.272. The van der Waals surface area contributed by atoms with Crippen LogP contribution in [0.2, 0.25) is 0 Å². The van der Waals surface area contributed by atoms with Gasteiger partial charge in [-0.15, -0.1) is 0 Å². The number of methoxy groups -OCH3 is 3. The molecule has 0 saturated heterocycles. The molecule has 0 saturated carbocycles. The second-order valence-corrected chi connectivity index (χ2v) is 6.73. The zero-order valence-electron chi connectivity index (χ0n) is 14.7. The second-order valence-electron chi connectivity index (χ2n) is 6.73. The SMILES string of the molecule is COC(=O)C1=C[C@H](OC(C)(C)C)[C@@H]2CC=C(OC)C[C@]2(OC)O1. The second kappa shape index (κ2) is 6.53. The molecule has 0 bridgehead atoms. The van der Waals surface area contributed by atoms with Crippen molar-refractivity contribution in [1.29, 1.82) is 0 Å². The Labute approximate surface area is 137 Å². The minimum Gasteiger partial charge on any atom is -0.501 e. The van der Waals surface area contributed by atoms with Crippen molar-refractivity contribution in [3.8, 4) is 0 Å². The first kappa shape index (κ1) is 17.8. The molecule has 130 valence electrons. The molecule has 0 amide bonds. The van der Waals surface area contributed by atoms with Crippen molar-refractivity contribution in [1.82, 2.24) is 0 Å². The Morgan fingerprint density at radius 2 is 2.00 bits per heavy atom. The molecule has 23 heavy (non-hydrogen) atoms. The van der Waals surface area contributed by atoms with Crippen molar-refractivity contribution in [2.75, 3.05) is 21.3 Å². The number of hydrogen-bond donors (Lipinski definition) is 0. The van der Waals surface area contributed by atoms with Gasteiger partial charge in [0, 0.05) is 7.11 Å². The molecule has 0 spiro atoms. The quantitative estimate of drug-likeness (QED) is 0.740. The summed E-state index contributed by atoms with van der Waals surface area (Å²) in [7, 11) is 4.50. The molecule has 0 aromatic carbocycles. The first-order valence-electron chi connectivity index (χ1n) is 7.70. The topological polar surface area (TPSA) is 63.2 Å². The van der Waals surface area contributed by atoms with Crippen LogP contribution < -0.4 is 0 Å². The third kappa shape index (κ3) is 3.70. The molecule has 0 fully saturated rings. The highest BCUT2D eigenvalue weighted by Crippen LogP contribution is 2.45. The van der Waals surface area contributed by atoms with E-state index in [2.05, 4.69) is 0 Å². The molecule has 0 aromatic heterocycles. The van der Waals surface area contributed by atoms with Gasteiger partial charge in [0.2, 0.25) is 11.5 Å². The van der Waals surface area contributed by atoms with Crippen LogP contribution in [-0.2, 0) is 28.5 Å². The highest BCUT2D eigenvalue weighted by atomic mass is 16.7. The van der Waals surface area contributed by atoms with Crippen LogP contribution >= 0.6 is 0 Å². The van der Waals surface area contributed by atoms with Crippen LogP contribution in [0.4, 0.5) is 0 Å². The molecule has 0 unspecified atom stereocenters. The molecule has 3 atom stereocenters. The van der Waals surface area contributed by atoms with Gasteiger partial charge in [-0.1, -0.05) is 0 Å². The fourth-order valence-electron chi connectivity index (χ4n) is 3.02. The zero-order chi connectivity index (χ0) is 17.3. The van der Waals surface area contributed by atoms with E-state index in [1.807, 2.05) is 26.8 Å². The summed E-state index contributed by atoms with van der Waals surface area (Å²) in [5.41, 5.74) is -0.371. The first-order chi connectivity index (χ1) is 10.7. The number of carbonyl (C=O) groups excluding carboxylic acids is 1. The van der Waals surface area contributed by atoms with Crippen LogP contribution in [-0.4, -0.2) is 44.8 Å². The number of hydrogen-bond acceptors (Lipinski definition) is 6. The summed E-state index contributed by atoms with van der Waals surface area (Å²) in [6.45, 7) is 5.92. The summed E-state index contributed by atoms with van der Waals surface area (Å²) in [5.74, 6) is -0.760. The van der Waals surface area contributed by atoms with Crippen LogP contribution in [0.3, 0.4) is 0 Å². The van der Waals surface area contributed by atoms with Gasteiger partial charge < -0.3 is 23.7 Å². The van der Waals surface area contributed by atoms with Crippen molar-refractivity contribution in [2.24, 2.45) is 5.92 Å². The summed E-state index contributed by atoms with van der Waals surface area (Å²) in [6.07, 6.45) is 4.45. The number of fused-ring (bicyclic) bond motifs is 1. The number of ether oxygens (including phenoxy) is 5. The molecule has 1 aliphatic carbocycles. The molecule has 1 heterocycles. The van der Waals surface area contributed by atoms with Crippen molar-refractivity contribution in [3.05, 3.63) is 23.7 Å². The Bertz CT molecular complexity index is 516. The summed E-state index contributed by atoms with van der Waals surface area (Å²) in [6, 6.07) is 0. The lowest BCUT2D eigenvalue weighted by Crippen LogP contribution is -2.54. The Hall–Kier alpha value is -1.53. The third-order valence-electron chi connectivity index (χ3n) is 4.06. The summed E-state index contributed by atoms with van der Waals surface area (Å²) in [4.78, 5) is 12.0. The molecule has 1 aliphatic heterocycles. The maximum Gasteiger partial charge on any atom is 0.373 e. The fourth-order valence-corrected chi connectivity index (χ4v) is 3.02. The smallest absolute Gasteiger partial charge is 0.373 e. The van der Waals surface area contributed by atoms with E-state index < -0.39 is 11.8 Å². The highest BCUT2D eigenvalue weighted by molar-refractivity contribution is 5.86. The van der Waals surface area contributed by atoms with Gasteiger partial charge in [-0.05, 0) is 39.3 Å². The molecule has 0 N–H and O–H groups in total. The van der Waals surface area contributed by atoms with Crippen molar-refractivity contribution < 1.29 is 28.5 Å². The Morgan fingerprint density at radius 3 is 2.52 bits per heavy atom. The van der Waals surface area contributed by atoms with Gasteiger partial charge in [0.05, 0.1) is 44.0 Å². The molecular weight excluding hydrogens is 300 g/mol. The average Bonchev–Trinajstić information content (AvgIpc) is 2.51. The number of esters is 1. The van der Waals surface area contributed by atoms with Gasteiger partial charge in [-0.25, -0.2) is 4.79 Å². The van der Waals surface area contributed by atoms with Crippen LogP contribution in [0.25, 0.3) is 0 Å². The first-order valence-corrected chi connectivity index (χ1v) is 7.70. The monoisotopic (exact) mass is 326 g/mol. The van der Waals surface area contributed by atoms with E-state index in [-0.39, 0.29) is 23.4 Å². The molecule has 6 heteroatoms. The van der Waals surface area contributed by atoms with Gasteiger partial charge in [-0.2, -0.15) is 0 Å². The van der Waals surface area contributed by atoms with Gasteiger partial charge in [0.15, 0.2) is 0 Å². The van der Waals surface area contributed by atoms with Crippen LogP contribution in [0.1, 0.15) is 33.6 Å². The lowest BCUT2D eigenvalue weighted by Gasteiger charge is -2.48. The molecule has 6 nitrogen and oxygen atoms in total. The van der Waals surface area contributed by atoms with Crippen LogP contribution in [0, 0.1) is 5.92 Å². The minimum atomic E-state index is -1.01. The predicted octanol–water partition coefficient (Wildman–Crippen LogP) is 2.54. The van der Waals surface area contributed by atoms with Crippen LogP contribution in [0.5, 0.6) is 0 Å². The average molecular weight is 326 g/mol. The van der Waals surface area contributed by atoms with Crippen LogP contribution in [0.15, 0.2) is 23.7 Å². The Morgan fingerprint density at radius 1 is 1.30 bits per heavy atom. The van der Waals surface area contributed by atoms with E-state index in [1.54, 1.807) is 20.3 Å². The maximum absolute atomic E-state index is 12.0. The third-order valence-corrected chi connectivity index (χ3v) is 4.06. The number of allylic oxidation sites excluding steroid dienone is 1. The van der Waals surface area contributed by atoms with E-state index in [0.29, 0.717) is 12.8 Å². The van der Waals surface area contributed by atoms with E-state index >= 15 is 0 Å². The van der Waals surface area contributed by atoms with Gasteiger partial charge in [-0.3, -0.25) is 0 Å². The van der Waals surface area contributed by atoms with Gasteiger partial charge >= 0.3 is 5.97 Å². The van der Waals surface area contributed by atoms with Gasteiger partial charge in [0.1, 0.15) is 0 Å². The molecular formula is C17H26O6. The number of carbonyl (C=O) groups is 1. The Balaban J connectivity index is 2.42. The molecule has 2 rings (SSSR count). The minimum absolute atomic E-state index is 0.0842. The maximum atomic E-state index is 12.0. The zero-order valence-corrected chi connectivity index (χ0v) is 14.7. The fraction of sp³-hybridized carbons (Fsp3) is 0.706. The lowest BCUT2D eigenvalue weighted by atomic mass is 9.80. The standard InChI is InChI=1S/C17H26O6/c1-16(2,3)22-13-9-14(15(18)20-5)23-17(21-6)10-11(19-4)7-8-12(13)17/h7,9,12-13H,8,10H2,1-6H3/t12-,13-,17-/m0/s1. The van der Waals surface area contributed by atoms with Crippen molar-refractivity contribution in [2.45, 2.75) is 51.1 Å².